The topological polar surface area (TPSA) is 46.5 Å². The van der Waals surface area contributed by atoms with Gasteiger partial charge in [0.15, 0.2) is 6.54 Å². The number of benzene rings is 2. The van der Waals surface area contributed by atoms with Gasteiger partial charge in [0, 0.05) is 25.3 Å². The molecule has 0 atom stereocenters. The maximum atomic E-state index is 12.7. The van der Waals surface area contributed by atoms with Crippen molar-refractivity contribution >= 4 is 11.6 Å². The number of amides is 1. The number of quaternary nitrogens is 1. The number of nitrogens with one attached hydrogen (secondary N) is 1. The van der Waals surface area contributed by atoms with E-state index in [1.165, 1.54) is 10.6 Å². The number of anilines is 1. The average Bonchev–Trinajstić information content (AvgIpc) is 2.76. The second-order valence-electron chi connectivity index (χ2n) is 7.44. The number of rotatable bonds is 8. The van der Waals surface area contributed by atoms with Gasteiger partial charge in [0.1, 0.15) is 11.5 Å². The lowest BCUT2D eigenvalue weighted by Crippen LogP contribution is -3.15. The van der Waals surface area contributed by atoms with Crippen LogP contribution in [-0.2, 0) is 11.3 Å². The van der Waals surface area contributed by atoms with Crippen molar-refractivity contribution in [2.24, 2.45) is 0 Å². The van der Waals surface area contributed by atoms with E-state index in [0.717, 1.165) is 43.2 Å². The molecular formula is C23H32N3O3+. The number of methoxy groups -OCH3 is 1. The van der Waals surface area contributed by atoms with Crippen LogP contribution >= 0.6 is 0 Å². The van der Waals surface area contributed by atoms with Crippen LogP contribution in [0.15, 0.2) is 48.5 Å². The largest absolute Gasteiger partial charge is 0.497 e. The fourth-order valence-corrected chi connectivity index (χ4v) is 3.63. The molecule has 1 aliphatic rings. The summed E-state index contributed by atoms with van der Waals surface area (Å²) in [7, 11) is 3.57. The Morgan fingerprint density at radius 2 is 1.83 bits per heavy atom. The minimum atomic E-state index is 0.184. The van der Waals surface area contributed by atoms with Crippen LogP contribution in [-0.4, -0.2) is 64.3 Å². The highest BCUT2D eigenvalue weighted by Crippen LogP contribution is 2.20. The fraction of sp³-hybridized carbons (Fsp3) is 0.435. The van der Waals surface area contributed by atoms with Crippen LogP contribution < -0.4 is 19.3 Å². The molecule has 0 aromatic heterocycles. The molecule has 1 saturated heterocycles. The zero-order valence-electron chi connectivity index (χ0n) is 17.7. The van der Waals surface area contributed by atoms with Crippen LogP contribution in [0.4, 0.5) is 5.69 Å². The highest BCUT2D eigenvalue weighted by molar-refractivity contribution is 5.76. The minimum absolute atomic E-state index is 0.184. The number of carbonyl (C=O) groups excluding carboxylic acids is 1. The van der Waals surface area contributed by atoms with Crippen molar-refractivity contribution in [3.63, 3.8) is 0 Å². The summed E-state index contributed by atoms with van der Waals surface area (Å²) in [4.78, 5) is 18.2. The first-order valence-electron chi connectivity index (χ1n) is 10.3. The van der Waals surface area contributed by atoms with Crippen molar-refractivity contribution in [1.82, 2.24) is 4.90 Å². The Morgan fingerprint density at radius 3 is 2.48 bits per heavy atom. The highest BCUT2D eigenvalue weighted by Gasteiger charge is 2.24. The molecule has 0 spiro atoms. The van der Waals surface area contributed by atoms with E-state index in [1.54, 1.807) is 7.11 Å². The van der Waals surface area contributed by atoms with E-state index in [4.69, 9.17) is 9.47 Å². The third-order valence-electron chi connectivity index (χ3n) is 5.37. The van der Waals surface area contributed by atoms with E-state index >= 15 is 0 Å². The Balaban J connectivity index is 1.46. The van der Waals surface area contributed by atoms with Gasteiger partial charge in [-0.15, -0.1) is 0 Å². The number of nitrogens with zero attached hydrogens (tertiary/aromatic N) is 2. The van der Waals surface area contributed by atoms with Crippen LogP contribution in [0.2, 0.25) is 0 Å². The lowest BCUT2D eigenvalue weighted by molar-refractivity contribution is -0.892. The normalized spacial score (nSPS) is 14.5. The van der Waals surface area contributed by atoms with E-state index < -0.39 is 0 Å². The van der Waals surface area contributed by atoms with Gasteiger partial charge >= 0.3 is 0 Å². The lowest BCUT2D eigenvalue weighted by atomic mass is 10.2. The molecule has 1 aliphatic heterocycles. The molecule has 2 aromatic carbocycles. The Morgan fingerprint density at radius 1 is 1.10 bits per heavy atom. The van der Waals surface area contributed by atoms with E-state index in [-0.39, 0.29) is 5.91 Å². The second kappa shape index (κ2) is 10.2. The number of hydrogen-bond acceptors (Lipinski definition) is 4. The zero-order valence-corrected chi connectivity index (χ0v) is 17.7. The molecule has 1 amide bonds. The molecule has 0 aliphatic carbocycles. The quantitative estimate of drug-likeness (QED) is 0.731. The van der Waals surface area contributed by atoms with Gasteiger partial charge in [0.25, 0.3) is 5.91 Å². The molecule has 156 valence electrons. The molecule has 1 fully saturated rings. The van der Waals surface area contributed by atoms with Crippen molar-refractivity contribution < 1.29 is 19.2 Å². The highest BCUT2D eigenvalue weighted by atomic mass is 16.5. The van der Waals surface area contributed by atoms with Crippen LogP contribution in [0.25, 0.3) is 0 Å². The molecule has 29 heavy (non-hydrogen) atoms. The molecule has 0 bridgehead atoms. The van der Waals surface area contributed by atoms with Crippen molar-refractivity contribution in [1.29, 1.82) is 0 Å². The predicted molar refractivity (Wildman–Crippen MR) is 115 cm³/mol. The van der Waals surface area contributed by atoms with Gasteiger partial charge in [-0.25, -0.2) is 0 Å². The molecule has 1 N–H and O–H groups in total. The number of carbonyl (C=O) groups is 1. The summed E-state index contributed by atoms with van der Waals surface area (Å²) < 4.78 is 10.8. The Labute approximate surface area is 173 Å². The number of ether oxygens (including phenoxy) is 2. The molecule has 6 nitrogen and oxygen atoms in total. The van der Waals surface area contributed by atoms with Gasteiger partial charge in [-0.1, -0.05) is 18.2 Å². The van der Waals surface area contributed by atoms with Crippen LogP contribution in [0.3, 0.4) is 0 Å². The predicted octanol–water partition coefficient (Wildman–Crippen LogP) is 1.46. The van der Waals surface area contributed by atoms with Gasteiger partial charge in [-0.2, -0.15) is 0 Å². The fourth-order valence-electron chi connectivity index (χ4n) is 3.63. The summed E-state index contributed by atoms with van der Waals surface area (Å²) in [5.41, 5.74) is 2.30. The molecule has 0 saturated carbocycles. The summed E-state index contributed by atoms with van der Waals surface area (Å²) in [5.74, 6) is 1.93. The summed E-state index contributed by atoms with van der Waals surface area (Å²) >= 11 is 0. The van der Waals surface area contributed by atoms with Gasteiger partial charge in [-0.05, 0) is 36.8 Å². The first-order chi connectivity index (χ1) is 14.1. The summed E-state index contributed by atoms with van der Waals surface area (Å²) in [6.45, 7) is 7.59. The maximum absolute atomic E-state index is 12.7. The lowest BCUT2D eigenvalue weighted by Gasteiger charge is -2.34. The average molecular weight is 399 g/mol. The standard InChI is InChI=1S/C23H31N3O3/c1-4-29-21-10-8-19(9-11-21)17-24(2)23(27)18-25-12-14-26(15-13-25)20-6-5-7-22(16-20)28-3/h5-11,16H,4,12-15,17-18H2,1-3H3/p+1. The SMILES string of the molecule is CCOc1ccc(CN(C)C(=O)C[NH+]2CCN(c3cccc(OC)c3)CC2)cc1. The number of hydrogen-bond donors (Lipinski definition) is 1. The summed E-state index contributed by atoms with van der Waals surface area (Å²) in [6.07, 6.45) is 0. The zero-order chi connectivity index (χ0) is 20.6. The molecule has 2 aromatic rings. The molecule has 6 heteroatoms. The monoisotopic (exact) mass is 398 g/mol. The van der Waals surface area contributed by atoms with Crippen LogP contribution in [0.5, 0.6) is 11.5 Å². The number of likely N-dealkylation sites (N-methyl/N-ethyl adjacent to an activating group) is 1. The van der Waals surface area contributed by atoms with Gasteiger partial charge in [-0.3, -0.25) is 4.79 Å². The van der Waals surface area contributed by atoms with Gasteiger partial charge in [0.05, 0.1) is 39.9 Å². The summed E-state index contributed by atoms with van der Waals surface area (Å²) in [5, 5.41) is 0. The Kier molecular flexibility index (Phi) is 7.36. The Bertz CT molecular complexity index is 786. The first kappa shape index (κ1) is 21.0. The van der Waals surface area contributed by atoms with E-state index in [1.807, 2.05) is 55.3 Å². The van der Waals surface area contributed by atoms with Crippen molar-refractivity contribution in [2.75, 3.05) is 58.4 Å². The third-order valence-corrected chi connectivity index (χ3v) is 5.37. The van der Waals surface area contributed by atoms with E-state index in [0.29, 0.717) is 19.7 Å². The third kappa shape index (κ3) is 5.87. The van der Waals surface area contributed by atoms with Crippen molar-refractivity contribution in [3.05, 3.63) is 54.1 Å². The van der Waals surface area contributed by atoms with Crippen molar-refractivity contribution in [2.45, 2.75) is 13.5 Å². The number of piperazine rings is 1. The van der Waals surface area contributed by atoms with Gasteiger partial charge < -0.3 is 24.2 Å². The van der Waals surface area contributed by atoms with Crippen LogP contribution in [0.1, 0.15) is 12.5 Å². The molecule has 1 heterocycles. The summed E-state index contributed by atoms with van der Waals surface area (Å²) in [6, 6.07) is 16.1. The molecule has 0 unspecified atom stereocenters. The minimum Gasteiger partial charge on any atom is -0.497 e. The second-order valence-corrected chi connectivity index (χ2v) is 7.44. The van der Waals surface area contributed by atoms with Crippen molar-refractivity contribution in [3.8, 4) is 11.5 Å². The molecule has 3 rings (SSSR count). The van der Waals surface area contributed by atoms with E-state index in [2.05, 4.69) is 17.0 Å². The van der Waals surface area contributed by atoms with Gasteiger partial charge in [0.2, 0.25) is 0 Å². The molecular weight excluding hydrogens is 366 g/mol. The Hall–Kier alpha value is -2.73. The first-order valence-corrected chi connectivity index (χ1v) is 10.3. The van der Waals surface area contributed by atoms with E-state index in [9.17, 15) is 4.79 Å². The maximum Gasteiger partial charge on any atom is 0.277 e. The van der Waals surface area contributed by atoms with Crippen LogP contribution in [0, 0.1) is 0 Å². The smallest absolute Gasteiger partial charge is 0.277 e. The molecule has 0 radical (unpaired) electrons.